The standard InChI is InChI=1S/C23H27F3N2O3/c1-4-31-22(30)18-8-10-27(11-9-18)21(29)20-15(2)12-16(3)28(20)14-17-6-5-7-19(13-17)23(24,25)26/h5-7,12-13,18H,4,8-11,14H2,1-3H3. The van der Waals surface area contributed by atoms with Crippen LogP contribution in [0.3, 0.4) is 0 Å². The van der Waals surface area contributed by atoms with E-state index in [1.165, 1.54) is 6.07 Å². The molecule has 1 fully saturated rings. The molecule has 0 aliphatic carbocycles. The zero-order valence-electron chi connectivity index (χ0n) is 18.0. The first kappa shape index (κ1) is 22.9. The number of ether oxygens (including phenoxy) is 1. The van der Waals surface area contributed by atoms with Gasteiger partial charge in [-0.1, -0.05) is 12.1 Å². The van der Waals surface area contributed by atoms with Crippen LogP contribution >= 0.6 is 0 Å². The third-order valence-corrected chi connectivity index (χ3v) is 5.69. The van der Waals surface area contributed by atoms with Crippen LogP contribution in [0, 0.1) is 19.8 Å². The molecule has 1 aromatic carbocycles. The number of aryl methyl sites for hydroxylation is 2. The van der Waals surface area contributed by atoms with E-state index >= 15 is 0 Å². The topological polar surface area (TPSA) is 51.5 Å². The van der Waals surface area contributed by atoms with Crippen molar-refractivity contribution in [3.8, 4) is 0 Å². The molecule has 2 aromatic rings. The highest BCUT2D eigenvalue weighted by Gasteiger charge is 2.32. The predicted octanol–water partition coefficient (Wildman–Crippen LogP) is 4.59. The molecular weight excluding hydrogens is 409 g/mol. The molecule has 0 bridgehead atoms. The van der Waals surface area contributed by atoms with E-state index in [9.17, 15) is 22.8 Å². The maximum atomic E-state index is 13.3. The van der Waals surface area contributed by atoms with E-state index in [4.69, 9.17) is 4.74 Å². The molecule has 0 spiro atoms. The molecule has 3 rings (SSSR count). The summed E-state index contributed by atoms with van der Waals surface area (Å²) in [4.78, 5) is 26.9. The Morgan fingerprint density at radius 1 is 1.13 bits per heavy atom. The number of likely N-dealkylation sites (tertiary alicyclic amines) is 1. The van der Waals surface area contributed by atoms with E-state index in [1.807, 2.05) is 19.9 Å². The highest BCUT2D eigenvalue weighted by atomic mass is 19.4. The van der Waals surface area contributed by atoms with Gasteiger partial charge in [0.1, 0.15) is 5.69 Å². The lowest BCUT2D eigenvalue weighted by molar-refractivity contribution is -0.149. The number of hydrogen-bond acceptors (Lipinski definition) is 3. The van der Waals surface area contributed by atoms with Crippen LogP contribution in [0.1, 0.15) is 52.6 Å². The Bertz CT molecular complexity index is 957. The van der Waals surface area contributed by atoms with E-state index in [0.717, 1.165) is 23.4 Å². The van der Waals surface area contributed by atoms with Gasteiger partial charge in [-0.3, -0.25) is 9.59 Å². The van der Waals surface area contributed by atoms with Crippen LogP contribution in [-0.4, -0.2) is 41.0 Å². The number of hydrogen-bond donors (Lipinski definition) is 0. The van der Waals surface area contributed by atoms with E-state index in [-0.39, 0.29) is 24.3 Å². The monoisotopic (exact) mass is 436 g/mol. The van der Waals surface area contributed by atoms with Gasteiger partial charge in [-0.25, -0.2) is 0 Å². The lowest BCUT2D eigenvalue weighted by Crippen LogP contribution is -2.41. The smallest absolute Gasteiger partial charge is 0.416 e. The van der Waals surface area contributed by atoms with Gasteiger partial charge in [0.15, 0.2) is 0 Å². The van der Waals surface area contributed by atoms with Crippen molar-refractivity contribution in [2.24, 2.45) is 5.92 Å². The summed E-state index contributed by atoms with van der Waals surface area (Å²) in [5, 5.41) is 0. The van der Waals surface area contributed by atoms with Gasteiger partial charge in [0.05, 0.1) is 18.1 Å². The number of carbonyl (C=O) groups excluding carboxylic acids is 2. The Kier molecular flexibility index (Phi) is 6.77. The Labute approximate surface area is 179 Å². The fourth-order valence-electron chi connectivity index (χ4n) is 4.09. The molecule has 1 amide bonds. The van der Waals surface area contributed by atoms with Crippen molar-refractivity contribution in [1.82, 2.24) is 9.47 Å². The van der Waals surface area contributed by atoms with E-state index in [0.29, 0.717) is 43.8 Å². The summed E-state index contributed by atoms with van der Waals surface area (Å²) in [7, 11) is 0. The zero-order valence-corrected chi connectivity index (χ0v) is 18.0. The van der Waals surface area contributed by atoms with Crippen LogP contribution in [0.4, 0.5) is 13.2 Å². The highest BCUT2D eigenvalue weighted by Crippen LogP contribution is 2.30. The molecule has 1 aliphatic rings. The molecule has 1 aromatic heterocycles. The molecule has 0 saturated carbocycles. The third kappa shape index (κ3) is 5.11. The number of halogens is 3. The van der Waals surface area contributed by atoms with Crippen molar-refractivity contribution in [2.75, 3.05) is 19.7 Å². The molecule has 0 N–H and O–H groups in total. The Hall–Kier alpha value is -2.77. The molecule has 0 unspecified atom stereocenters. The van der Waals surface area contributed by atoms with Gasteiger partial charge in [0.25, 0.3) is 5.91 Å². The second-order valence-corrected chi connectivity index (χ2v) is 7.92. The second kappa shape index (κ2) is 9.16. The van der Waals surface area contributed by atoms with E-state index < -0.39 is 11.7 Å². The minimum Gasteiger partial charge on any atom is -0.466 e. The fraction of sp³-hybridized carbons (Fsp3) is 0.478. The lowest BCUT2D eigenvalue weighted by atomic mass is 9.96. The summed E-state index contributed by atoms with van der Waals surface area (Å²) in [6, 6.07) is 7.03. The Balaban J connectivity index is 1.79. The number of piperidine rings is 1. The van der Waals surface area contributed by atoms with Crippen LogP contribution in [0.2, 0.25) is 0 Å². The molecule has 5 nitrogen and oxygen atoms in total. The average molecular weight is 436 g/mol. The maximum absolute atomic E-state index is 13.3. The Morgan fingerprint density at radius 3 is 2.42 bits per heavy atom. The first-order chi connectivity index (χ1) is 14.6. The fourth-order valence-corrected chi connectivity index (χ4v) is 4.09. The average Bonchev–Trinajstić information content (AvgIpc) is 3.00. The zero-order chi connectivity index (χ0) is 22.8. The van der Waals surface area contributed by atoms with Gasteiger partial charge in [0.2, 0.25) is 0 Å². The summed E-state index contributed by atoms with van der Waals surface area (Å²) in [6.45, 7) is 6.81. The van der Waals surface area contributed by atoms with Gasteiger partial charge in [-0.15, -0.1) is 0 Å². The predicted molar refractivity (Wildman–Crippen MR) is 110 cm³/mol. The number of rotatable bonds is 5. The molecule has 0 radical (unpaired) electrons. The van der Waals surface area contributed by atoms with E-state index in [2.05, 4.69) is 0 Å². The van der Waals surface area contributed by atoms with Crippen LogP contribution < -0.4 is 0 Å². The van der Waals surface area contributed by atoms with Crippen molar-refractivity contribution in [3.05, 3.63) is 58.4 Å². The summed E-state index contributed by atoms with van der Waals surface area (Å²) in [6.07, 6.45) is -3.34. The lowest BCUT2D eigenvalue weighted by Gasteiger charge is -2.31. The summed E-state index contributed by atoms with van der Waals surface area (Å²) >= 11 is 0. The van der Waals surface area contributed by atoms with Crippen LogP contribution in [0.25, 0.3) is 0 Å². The molecule has 1 saturated heterocycles. The number of esters is 1. The highest BCUT2D eigenvalue weighted by molar-refractivity contribution is 5.94. The second-order valence-electron chi connectivity index (χ2n) is 7.92. The van der Waals surface area contributed by atoms with Crippen LogP contribution in [0.15, 0.2) is 30.3 Å². The van der Waals surface area contributed by atoms with Gasteiger partial charge in [-0.2, -0.15) is 13.2 Å². The minimum atomic E-state index is -4.42. The van der Waals surface area contributed by atoms with Gasteiger partial charge < -0.3 is 14.2 Å². The molecule has 168 valence electrons. The number of carbonyl (C=O) groups is 2. The van der Waals surface area contributed by atoms with Crippen LogP contribution in [-0.2, 0) is 22.3 Å². The van der Waals surface area contributed by atoms with Crippen molar-refractivity contribution in [3.63, 3.8) is 0 Å². The number of nitrogens with zero attached hydrogens (tertiary/aromatic N) is 2. The first-order valence-corrected chi connectivity index (χ1v) is 10.4. The Morgan fingerprint density at radius 2 is 1.81 bits per heavy atom. The molecule has 8 heteroatoms. The van der Waals surface area contributed by atoms with Crippen molar-refractivity contribution in [1.29, 1.82) is 0 Å². The number of benzene rings is 1. The molecule has 2 heterocycles. The summed E-state index contributed by atoms with van der Waals surface area (Å²) in [5.74, 6) is -0.599. The molecular formula is C23H27F3N2O3. The van der Waals surface area contributed by atoms with Crippen molar-refractivity contribution in [2.45, 2.75) is 46.3 Å². The maximum Gasteiger partial charge on any atom is 0.416 e. The van der Waals surface area contributed by atoms with Crippen LogP contribution in [0.5, 0.6) is 0 Å². The molecule has 31 heavy (non-hydrogen) atoms. The van der Waals surface area contributed by atoms with Crippen molar-refractivity contribution >= 4 is 11.9 Å². The van der Waals surface area contributed by atoms with Gasteiger partial charge >= 0.3 is 12.1 Å². The number of aromatic nitrogens is 1. The normalized spacial score (nSPS) is 15.2. The quantitative estimate of drug-likeness (QED) is 0.645. The molecule has 0 atom stereocenters. The summed E-state index contributed by atoms with van der Waals surface area (Å²) < 4.78 is 46.1. The van der Waals surface area contributed by atoms with Gasteiger partial charge in [0, 0.05) is 25.3 Å². The summed E-state index contributed by atoms with van der Waals surface area (Å²) in [5.41, 5.74) is 1.83. The van der Waals surface area contributed by atoms with Gasteiger partial charge in [-0.05, 0) is 62.9 Å². The third-order valence-electron chi connectivity index (χ3n) is 5.69. The van der Waals surface area contributed by atoms with E-state index in [1.54, 1.807) is 22.5 Å². The SMILES string of the molecule is CCOC(=O)C1CCN(C(=O)c2c(C)cc(C)n2Cc2cccc(C(F)(F)F)c2)CC1. The minimum absolute atomic E-state index is 0.167. The molecule has 1 aliphatic heterocycles. The first-order valence-electron chi connectivity index (χ1n) is 10.4. The number of alkyl halides is 3. The van der Waals surface area contributed by atoms with Crippen molar-refractivity contribution < 1.29 is 27.5 Å². The largest absolute Gasteiger partial charge is 0.466 e. The number of amides is 1.